The first kappa shape index (κ1) is 14.8. The van der Waals surface area contributed by atoms with Crippen molar-refractivity contribution in [1.29, 1.82) is 0 Å². The molecule has 0 aliphatic carbocycles. The molecule has 0 heterocycles. The van der Waals surface area contributed by atoms with Crippen LogP contribution < -0.4 is 5.73 Å². The van der Waals surface area contributed by atoms with E-state index in [9.17, 15) is 0 Å². The Morgan fingerprint density at radius 3 is 2.40 bits per heavy atom. The number of hydrogen-bond acceptors (Lipinski definition) is 4. The number of methoxy groups -OCH3 is 1. The molecule has 0 amide bonds. The molecule has 4 heteroatoms. The van der Waals surface area contributed by atoms with Crippen molar-refractivity contribution in [3.05, 3.63) is 0 Å². The normalized spacial score (nSPS) is 12.4. The monoisotopic (exact) mass is 218 g/mol. The molecule has 92 valence electrons. The highest BCUT2D eigenvalue weighted by atomic mass is 16.5. The smallest absolute Gasteiger partial charge is 0.0593 e. The van der Waals surface area contributed by atoms with E-state index in [1.807, 2.05) is 0 Å². The molecule has 0 bridgehead atoms. The molecular formula is C11H26N2O2. The molecular weight excluding hydrogens is 192 g/mol. The van der Waals surface area contributed by atoms with Crippen LogP contribution in [0.4, 0.5) is 0 Å². The summed E-state index contributed by atoms with van der Waals surface area (Å²) in [6.45, 7) is 8.14. The maximum Gasteiger partial charge on any atom is 0.0593 e. The van der Waals surface area contributed by atoms with Gasteiger partial charge in [0.1, 0.15) is 0 Å². The van der Waals surface area contributed by atoms with Crippen LogP contribution in [0.3, 0.4) is 0 Å². The van der Waals surface area contributed by atoms with E-state index in [2.05, 4.69) is 25.8 Å². The zero-order valence-electron chi connectivity index (χ0n) is 10.6. The summed E-state index contributed by atoms with van der Waals surface area (Å²) in [7, 11) is 3.78. The predicted molar refractivity (Wildman–Crippen MR) is 63.1 cm³/mol. The summed E-state index contributed by atoms with van der Waals surface area (Å²) >= 11 is 0. The molecule has 0 radical (unpaired) electrons. The largest absolute Gasteiger partial charge is 0.385 e. The van der Waals surface area contributed by atoms with Crippen molar-refractivity contribution in [1.82, 2.24) is 4.90 Å². The lowest BCUT2D eigenvalue weighted by molar-refractivity contribution is 0.0655. The standard InChI is InChI=1S/C11H26N2O2/c1-11(2,10-12)13(3)6-9-15-8-5-7-14-4/h5-10,12H2,1-4H3. The Balaban J connectivity index is 3.43. The molecule has 0 spiro atoms. The summed E-state index contributed by atoms with van der Waals surface area (Å²) in [5.74, 6) is 0. The fraction of sp³-hybridized carbons (Fsp3) is 1.00. The zero-order chi connectivity index (χ0) is 11.7. The summed E-state index contributed by atoms with van der Waals surface area (Å²) in [4.78, 5) is 2.23. The number of nitrogens with zero attached hydrogens (tertiary/aromatic N) is 1. The van der Waals surface area contributed by atoms with E-state index in [4.69, 9.17) is 15.2 Å². The average molecular weight is 218 g/mol. The van der Waals surface area contributed by atoms with E-state index >= 15 is 0 Å². The van der Waals surface area contributed by atoms with Crippen LogP contribution in [0.5, 0.6) is 0 Å². The number of hydrogen-bond donors (Lipinski definition) is 1. The number of likely N-dealkylation sites (N-methyl/N-ethyl adjacent to an activating group) is 1. The van der Waals surface area contributed by atoms with Gasteiger partial charge in [-0.15, -0.1) is 0 Å². The number of nitrogens with two attached hydrogens (primary N) is 1. The van der Waals surface area contributed by atoms with Crippen LogP contribution in [-0.4, -0.2) is 57.5 Å². The third-order valence-electron chi connectivity index (χ3n) is 2.74. The summed E-state index contributed by atoms with van der Waals surface area (Å²) in [6, 6.07) is 0. The maximum absolute atomic E-state index is 5.68. The lowest BCUT2D eigenvalue weighted by Gasteiger charge is -2.34. The molecule has 0 saturated carbocycles. The van der Waals surface area contributed by atoms with E-state index < -0.39 is 0 Å². The number of ether oxygens (including phenoxy) is 2. The fourth-order valence-electron chi connectivity index (χ4n) is 1.07. The Kier molecular flexibility index (Phi) is 7.96. The molecule has 0 aromatic carbocycles. The quantitative estimate of drug-likeness (QED) is 0.579. The van der Waals surface area contributed by atoms with Crippen LogP contribution in [0.25, 0.3) is 0 Å². The Bertz CT molecular complexity index is 152. The van der Waals surface area contributed by atoms with Gasteiger partial charge in [-0.1, -0.05) is 0 Å². The van der Waals surface area contributed by atoms with Gasteiger partial charge in [0.05, 0.1) is 6.61 Å². The van der Waals surface area contributed by atoms with Gasteiger partial charge >= 0.3 is 0 Å². The van der Waals surface area contributed by atoms with Gasteiger partial charge in [-0.05, 0) is 27.3 Å². The van der Waals surface area contributed by atoms with Crippen molar-refractivity contribution in [2.24, 2.45) is 5.73 Å². The molecule has 0 aliphatic heterocycles. The van der Waals surface area contributed by atoms with Crippen LogP contribution in [0.1, 0.15) is 20.3 Å². The Labute approximate surface area is 93.7 Å². The number of rotatable bonds is 9. The van der Waals surface area contributed by atoms with Gasteiger partial charge < -0.3 is 15.2 Å². The zero-order valence-corrected chi connectivity index (χ0v) is 10.6. The van der Waals surface area contributed by atoms with E-state index in [-0.39, 0.29) is 5.54 Å². The Hall–Kier alpha value is -0.160. The summed E-state index contributed by atoms with van der Waals surface area (Å²) in [6.07, 6.45) is 0.959. The van der Waals surface area contributed by atoms with Gasteiger partial charge in [-0.3, -0.25) is 4.90 Å². The molecule has 0 atom stereocenters. The van der Waals surface area contributed by atoms with Crippen LogP contribution >= 0.6 is 0 Å². The third-order valence-corrected chi connectivity index (χ3v) is 2.74. The van der Waals surface area contributed by atoms with Gasteiger partial charge in [0.25, 0.3) is 0 Å². The second-order valence-electron chi connectivity index (χ2n) is 4.40. The lowest BCUT2D eigenvalue weighted by Crippen LogP contribution is -2.48. The lowest BCUT2D eigenvalue weighted by atomic mass is 10.0. The van der Waals surface area contributed by atoms with Crippen molar-refractivity contribution in [2.75, 3.05) is 47.1 Å². The molecule has 2 N–H and O–H groups in total. The van der Waals surface area contributed by atoms with Crippen molar-refractivity contribution < 1.29 is 9.47 Å². The highest BCUT2D eigenvalue weighted by Gasteiger charge is 2.20. The van der Waals surface area contributed by atoms with E-state index in [1.54, 1.807) is 7.11 Å². The van der Waals surface area contributed by atoms with Gasteiger partial charge in [-0.2, -0.15) is 0 Å². The highest BCUT2D eigenvalue weighted by molar-refractivity contribution is 4.79. The molecule has 0 unspecified atom stereocenters. The summed E-state index contributed by atoms with van der Waals surface area (Å²) in [5.41, 5.74) is 5.73. The van der Waals surface area contributed by atoms with Crippen LogP contribution in [0.2, 0.25) is 0 Å². The van der Waals surface area contributed by atoms with E-state index in [1.165, 1.54) is 0 Å². The molecule has 0 saturated heterocycles. The van der Waals surface area contributed by atoms with Gasteiger partial charge in [-0.25, -0.2) is 0 Å². The average Bonchev–Trinajstić information content (AvgIpc) is 2.22. The molecule has 0 aromatic heterocycles. The second-order valence-corrected chi connectivity index (χ2v) is 4.40. The molecule has 4 nitrogen and oxygen atoms in total. The topological polar surface area (TPSA) is 47.7 Å². The maximum atomic E-state index is 5.68. The summed E-state index contributed by atoms with van der Waals surface area (Å²) < 4.78 is 10.4. The van der Waals surface area contributed by atoms with Gasteiger partial charge in [0.2, 0.25) is 0 Å². The SMILES string of the molecule is COCCCOCCN(C)C(C)(C)CN. The van der Waals surface area contributed by atoms with Crippen molar-refractivity contribution >= 4 is 0 Å². The minimum absolute atomic E-state index is 0.0515. The van der Waals surface area contributed by atoms with Crippen LogP contribution in [-0.2, 0) is 9.47 Å². The fourth-order valence-corrected chi connectivity index (χ4v) is 1.07. The molecule has 0 aromatic rings. The second kappa shape index (κ2) is 8.05. The first-order valence-corrected chi connectivity index (χ1v) is 5.52. The Morgan fingerprint density at radius 2 is 1.87 bits per heavy atom. The molecule has 0 rings (SSSR count). The van der Waals surface area contributed by atoms with Crippen molar-refractivity contribution in [3.8, 4) is 0 Å². The molecule has 15 heavy (non-hydrogen) atoms. The first-order chi connectivity index (χ1) is 7.04. The minimum atomic E-state index is 0.0515. The van der Waals surface area contributed by atoms with E-state index in [0.717, 1.165) is 32.8 Å². The van der Waals surface area contributed by atoms with Gasteiger partial charge in [0, 0.05) is 39.0 Å². The predicted octanol–water partition coefficient (Wildman–Crippen LogP) is 0.709. The molecule has 0 fully saturated rings. The molecule has 0 aliphatic rings. The van der Waals surface area contributed by atoms with E-state index in [0.29, 0.717) is 6.54 Å². The van der Waals surface area contributed by atoms with Gasteiger partial charge in [0.15, 0.2) is 0 Å². The third kappa shape index (κ3) is 6.84. The minimum Gasteiger partial charge on any atom is -0.385 e. The van der Waals surface area contributed by atoms with Crippen LogP contribution in [0, 0.1) is 0 Å². The first-order valence-electron chi connectivity index (χ1n) is 5.52. The van der Waals surface area contributed by atoms with Crippen LogP contribution in [0.15, 0.2) is 0 Å². The highest BCUT2D eigenvalue weighted by Crippen LogP contribution is 2.08. The van der Waals surface area contributed by atoms with Crippen molar-refractivity contribution in [3.63, 3.8) is 0 Å². The summed E-state index contributed by atoms with van der Waals surface area (Å²) in [5, 5.41) is 0. The Morgan fingerprint density at radius 1 is 1.20 bits per heavy atom. The van der Waals surface area contributed by atoms with Crippen molar-refractivity contribution in [2.45, 2.75) is 25.8 Å².